The van der Waals surface area contributed by atoms with Gasteiger partial charge in [0.1, 0.15) is 0 Å². The van der Waals surface area contributed by atoms with Gasteiger partial charge in [0.05, 0.1) is 23.6 Å². The van der Waals surface area contributed by atoms with Crippen molar-refractivity contribution in [1.29, 1.82) is 0 Å². The third kappa shape index (κ3) is 5.65. The van der Waals surface area contributed by atoms with Gasteiger partial charge in [-0.3, -0.25) is 10.4 Å². The van der Waals surface area contributed by atoms with Crippen LogP contribution in [-0.4, -0.2) is 28.4 Å². The molecule has 0 unspecified atom stereocenters. The number of ether oxygens (including phenoxy) is 1. The number of esters is 1. The van der Waals surface area contributed by atoms with Crippen LogP contribution in [0.3, 0.4) is 0 Å². The van der Waals surface area contributed by atoms with Crippen molar-refractivity contribution < 1.29 is 9.53 Å². The van der Waals surface area contributed by atoms with Gasteiger partial charge in [0.15, 0.2) is 5.11 Å². The van der Waals surface area contributed by atoms with Crippen molar-refractivity contribution in [2.75, 3.05) is 11.9 Å². The van der Waals surface area contributed by atoms with Crippen LogP contribution < -0.4 is 10.7 Å². The summed E-state index contributed by atoms with van der Waals surface area (Å²) in [4.78, 5) is 15.9. The number of thiocarbonyl (C=S) groups is 1. The number of benzene rings is 1. The van der Waals surface area contributed by atoms with Crippen molar-refractivity contribution in [3.8, 4) is 0 Å². The van der Waals surface area contributed by atoms with E-state index in [9.17, 15) is 4.79 Å². The summed E-state index contributed by atoms with van der Waals surface area (Å²) in [5, 5.41) is 7.67. The lowest BCUT2D eigenvalue weighted by Crippen LogP contribution is -2.25. The first-order valence-corrected chi connectivity index (χ1v) is 8.37. The molecule has 2 N–H and O–H groups in total. The van der Waals surface area contributed by atoms with Gasteiger partial charge in [-0.25, -0.2) is 4.79 Å². The van der Waals surface area contributed by atoms with Crippen LogP contribution >= 0.6 is 12.2 Å². The molecule has 0 radical (unpaired) electrons. The summed E-state index contributed by atoms with van der Waals surface area (Å²) >= 11 is 5.24. The zero-order valence-electron chi connectivity index (χ0n) is 14.2. The summed E-state index contributed by atoms with van der Waals surface area (Å²) in [7, 11) is 0. The predicted octanol–water partition coefficient (Wildman–Crippen LogP) is 3.36. The van der Waals surface area contributed by atoms with Gasteiger partial charge in [0.25, 0.3) is 0 Å². The van der Waals surface area contributed by atoms with Crippen LogP contribution in [-0.2, 0) is 4.74 Å². The Morgan fingerprint density at radius 1 is 1.20 bits per heavy atom. The highest BCUT2D eigenvalue weighted by molar-refractivity contribution is 7.80. The van der Waals surface area contributed by atoms with Gasteiger partial charge in [-0.15, -0.1) is 0 Å². The molecule has 0 bridgehead atoms. The van der Waals surface area contributed by atoms with Crippen LogP contribution in [0.4, 0.5) is 5.69 Å². The molecular weight excluding hydrogens is 336 g/mol. The van der Waals surface area contributed by atoms with Crippen LogP contribution in [0.5, 0.6) is 0 Å². The summed E-state index contributed by atoms with van der Waals surface area (Å²) in [6.45, 7) is 4.12. The minimum atomic E-state index is -0.345. The van der Waals surface area contributed by atoms with Crippen molar-refractivity contribution >= 4 is 34.7 Å². The average Bonchev–Trinajstić information content (AvgIpc) is 2.64. The summed E-state index contributed by atoms with van der Waals surface area (Å²) < 4.78 is 4.95. The smallest absolute Gasteiger partial charge is 0.338 e. The lowest BCUT2D eigenvalue weighted by atomic mass is 10.2. The minimum Gasteiger partial charge on any atom is -0.462 e. The monoisotopic (exact) mass is 356 g/mol. The van der Waals surface area contributed by atoms with Crippen LogP contribution in [0.25, 0.3) is 0 Å². The molecule has 1 heterocycles. The topological polar surface area (TPSA) is 75.6 Å². The van der Waals surface area contributed by atoms with E-state index in [4.69, 9.17) is 17.0 Å². The molecule has 130 valence electrons. The van der Waals surface area contributed by atoms with E-state index in [1.807, 2.05) is 25.1 Å². The molecule has 0 aliphatic carbocycles. The molecule has 1 aromatic carbocycles. The summed E-state index contributed by atoms with van der Waals surface area (Å²) in [5.74, 6) is -0.345. The van der Waals surface area contributed by atoms with Gasteiger partial charge in [0, 0.05) is 11.9 Å². The zero-order chi connectivity index (χ0) is 18.1. The molecule has 0 amide bonds. The van der Waals surface area contributed by atoms with E-state index in [1.165, 1.54) is 0 Å². The van der Waals surface area contributed by atoms with Gasteiger partial charge < -0.3 is 10.1 Å². The maximum Gasteiger partial charge on any atom is 0.338 e. The van der Waals surface area contributed by atoms with Gasteiger partial charge in [0.2, 0.25) is 0 Å². The van der Waals surface area contributed by atoms with Crippen molar-refractivity contribution in [2.24, 2.45) is 5.10 Å². The van der Waals surface area contributed by atoms with Crippen molar-refractivity contribution in [3.05, 3.63) is 59.9 Å². The Hall–Kier alpha value is -2.80. The highest BCUT2D eigenvalue weighted by atomic mass is 32.1. The Morgan fingerprint density at radius 2 is 1.96 bits per heavy atom. The average molecular weight is 356 g/mol. The van der Waals surface area contributed by atoms with E-state index in [1.54, 1.807) is 37.4 Å². The summed E-state index contributed by atoms with van der Waals surface area (Å²) in [6.07, 6.45) is 2.45. The number of anilines is 1. The first-order valence-electron chi connectivity index (χ1n) is 7.96. The number of nitrogens with one attached hydrogen (secondary N) is 2. The Labute approximate surface area is 152 Å². The van der Waals surface area contributed by atoms with Crippen molar-refractivity contribution in [2.45, 2.75) is 20.3 Å². The van der Waals surface area contributed by atoms with E-state index in [0.29, 0.717) is 17.3 Å². The van der Waals surface area contributed by atoms with Crippen molar-refractivity contribution in [3.63, 3.8) is 0 Å². The Kier molecular flexibility index (Phi) is 7.03. The van der Waals surface area contributed by atoms with E-state index >= 15 is 0 Å². The summed E-state index contributed by atoms with van der Waals surface area (Å²) in [6, 6.07) is 12.5. The van der Waals surface area contributed by atoms with Crippen LogP contribution in [0.15, 0.2) is 53.8 Å². The van der Waals surface area contributed by atoms with E-state index < -0.39 is 0 Å². The molecule has 0 saturated carbocycles. The van der Waals surface area contributed by atoms with Gasteiger partial charge >= 0.3 is 5.97 Å². The maximum absolute atomic E-state index is 11.6. The molecule has 6 nitrogen and oxygen atoms in total. The number of hydrogen-bond donors (Lipinski definition) is 2. The molecule has 0 atom stereocenters. The van der Waals surface area contributed by atoms with Gasteiger partial charge in [-0.2, -0.15) is 5.10 Å². The fourth-order valence-electron chi connectivity index (χ4n) is 2.03. The molecule has 1 aromatic heterocycles. The molecule has 0 spiro atoms. The highest BCUT2D eigenvalue weighted by Crippen LogP contribution is 2.10. The Morgan fingerprint density at radius 3 is 2.56 bits per heavy atom. The van der Waals surface area contributed by atoms with E-state index in [0.717, 1.165) is 23.5 Å². The molecule has 0 fully saturated rings. The normalized spacial score (nSPS) is 10.9. The standard InChI is InChI=1S/C18H20N4O2S/c1-3-15(16-7-5-6-12-19-16)21-22-18(25)20-14-10-8-13(9-11-14)17(23)24-4-2/h5-12H,3-4H2,1-2H3,(H2,20,22,25)/b21-15+. The van der Waals surface area contributed by atoms with Crippen LogP contribution in [0.2, 0.25) is 0 Å². The summed E-state index contributed by atoms with van der Waals surface area (Å²) in [5.41, 5.74) is 5.67. The fraction of sp³-hybridized carbons (Fsp3) is 0.222. The molecule has 0 saturated heterocycles. The Bertz CT molecular complexity index is 745. The second-order valence-corrected chi connectivity index (χ2v) is 5.40. The number of hydrogen-bond acceptors (Lipinski definition) is 5. The van der Waals surface area contributed by atoms with Gasteiger partial charge in [-0.05, 0) is 62.0 Å². The first-order chi connectivity index (χ1) is 12.1. The van der Waals surface area contributed by atoms with Gasteiger partial charge in [-0.1, -0.05) is 13.0 Å². The number of pyridine rings is 1. The molecule has 7 heteroatoms. The number of aromatic nitrogens is 1. The van der Waals surface area contributed by atoms with Crippen LogP contribution in [0.1, 0.15) is 36.3 Å². The second kappa shape index (κ2) is 9.48. The molecule has 0 aliphatic rings. The predicted molar refractivity (Wildman–Crippen MR) is 103 cm³/mol. The quantitative estimate of drug-likeness (QED) is 0.358. The highest BCUT2D eigenvalue weighted by Gasteiger charge is 2.06. The Balaban J connectivity index is 1.95. The minimum absolute atomic E-state index is 0.345. The third-order valence-corrected chi connectivity index (χ3v) is 3.44. The lowest BCUT2D eigenvalue weighted by Gasteiger charge is -2.09. The largest absolute Gasteiger partial charge is 0.462 e. The first kappa shape index (κ1) is 18.5. The number of hydrazone groups is 1. The molecular formula is C18H20N4O2S. The second-order valence-electron chi connectivity index (χ2n) is 4.99. The fourth-order valence-corrected chi connectivity index (χ4v) is 2.20. The zero-order valence-corrected chi connectivity index (χ0v) is 15.0. The van der Waals surface area contributed by atoms with E-state index in [2.05, 4.69) is 20.8 Å². The molecule has 2 aromatic rings. The molecule has 0 aliphatic heterocycles. The third-order valence-electron chi connectivity index (χ3n) is 3.24. The number of carbonyl (C=O) groups is 1. The van der Waals surface area contributed by atoms with Crippen LogP contribution in [0, 0.1) is 0 Å². The van der Waals surface area contributed by atoms with Crippen molar-refractivity contribution in [1.82, 2.24) is 10.4 Å². The SMILES string of the molecule is CCOC(=O)c1ccc(NC(=S)N/N=C(\CC)c2ccccn2)cc1. The number of nitrogens with zero attached hydrogens (tertiary/aromatic N) is 2. The van der Waals surface area contributed by atoms with E-state index in [-0.39, 0.29) is 5.97 Å². The molecule has 2 rings (SSSR count). The lowest BCUT2D eigenvalue weighted by molar-refractivity contribution is 0.0526. The number of carbonyl (C=O) groups excluding carboxylic acids is 1. The number of rotatable bonds is 6. The molecule has 25 heavy (non-hydrogen) atoms. The maximum atomic E-state index is 11.6.